The van der Waals surface area contributed by atoms with E-state index in [4.69, 9.17) is 11.6 Å². The van der Waals surface area contributed by atoms with Crippen molar-refractivity contribution in [3.8, 4) is 0 Å². The Bertz CT molecular complexity index is 1120. The number of carbonyl (C=O) groups is 2. The van der Waals surface area contributed by atoms with Crippen LogP contribution in [-0.4, -0.2) is 11.3 Å². The van der Waals surface area contributed by atoms with Crippen LogP contribution in [-0.2, 0) is 17.4 Å². The lowest BCUT2D eigenvalue weighted by Crippen LogP contribution is -2.20. The van der Waals surface area contributed by atoms with Crippen LogP contribution in [0.3, 0.4) is 0 Å². The highest BCUT2D eigenvalue weighted by atomic mass is 35.5. The van der Waals surface area contributed by atoms with Crippen LogP contribution in [0.5, 0.6) is 0 Å². The van der Waals surface area contributed by atoms with Crippen molar-refractivity contribution in [1.29, 1.82) is 0 Å². The Morgan fingerprint density at radius 1 is 0.900 bits per heavy atom. The number of benzene rings is 3. The molecule has 0 aliphatic heterocycles. The van der Waals surface area contributed by atoms with Gasteiger partial charge < -0.3 is 0 Å². The molecule has 30 heavy (non-hydrogen) atoms. The molecule has 0 fully saturated rings. The first-order valence-electron chi connectivity index (χ1n) is 9.91. The molecular weight excluding hydrogens is 415 g/mol. The second-order valence-electron chi connectivity index (χ2n) is 7.03. The lowest BCUT2D eigenvalue weighted by molar-refractivity contribution is 0.103. The summed E-state index contributed by atoms with van der Waals surface area (Å²) in [4.78, 5) is 26.4. The van der Waals surface area contributed by atoms with Gasteiger partial charge in [-0.1, -0.05) is 84.6 Å². The van der Waals surface area contributed by atoms with E-state index >= 15 is 0 Å². The van der Waals surface area contributed by atoms with Crippen LogP contribution in [0.1, 0.15) is 56.8 Å². The van der Waals surface area contributed by atoms with Gasteiger partial charge in [0.2, 0.25) is 5.30 Å². The smallest absolute Gasteiger partial charge is 0.289 e. The van der Waals surface area contributed by atoms with Crippen molar-refractivity contribution in [2.45, 2.75) is 33.6 Å². The molecule has 0 saturated heterocycles. The highest BCUT2D eigenvalue weighted by Gasteiger charge is 2.40. The van der Waals surface area contributed by atoms with E-state index in [1.165, 1.54) is 0 Å². The Morgan fingerprint density at radius 3 is 2.20 bits per heavy atom. The Morgan fingerprint density at radius 2 is 1.60 bits per heavy atom. The lowest BCUT2D eigenvalue weighted by Gasteiger charge is -2.11. The average molecular weight is 438 g/mol. The third kappa shape index (κ3) is 4.14. The van der Waals surface area contributed by atoms with Gasteiger partial charge in [-0.15, -0.1) is 0 Å². The predicted molar refractivity (Wildman–Crippen MR) is 123 cm³/mol. The minimum atomic E-state index is -2.43. The van der Waals surface area contributed by atoms with E-state index in [0.29, 0.717) is 40.4 Å². The monoisotopic (exact) mass is 437 g/mol. The number of aryl methyl sites for hydroxylation is 2. The summed E-state index contributed by atoms with van der Waals surface area (Å²) in [7, 11) is -2.43. The Balaban J connectivity index is 2.17. The molecule has 5 heteroatoms. The number of hydrogen-bond donors (Lipinski definition) is 0. The SMILES string of the molecule is CCc1ccc(C(=O)c2ccccc2)c(CC)c1[P+](=O)C(=O)c1c(C)cccc1Cl. The summed E-state index contributed by atoms with van der Waals surface area (Å²) in [5.74, 6) is -0.138. The lowest BCUT2D eigenvalue weighted by atomic mass is 9.94. The first kappa shape index (κ1) is 22.1. The summed E-state index contributed by atoms with van der Waals surface area (Å²) in [6.45, 7) is 5.64. The van der Waals surface area contributed by atoms with Gasteiger partial charge in [0, 0.05) is 22.3 Å². The van der Waals surface area contributed by atoms with Crippen LogP contribution >= 0.6 is 19.4 Å². The van der Waals surface area contributed by atoms with E-state index in [1.54, 1.807) is 43.3 Å². The molecule has 0 saturated carbocycles. The summed E-state index contributed by atoms with van der Waals surface area (Å²) in [6.07, 6.45) is 1.10. The van der Waals surface area contributed by atoms with E-state index in [0.717, 1.165) is 5.56 Å². The van der Waals surface area contributed by atoms with Crippen LogP contribution in [0, 0.1) is 6.92 Å². The molecule has 0 aliphatic rings. The molecule has 0 amide bonds. The molecule has 0 aliphatic carbocycles. The third-order valence-electron chi connectivity index (χ3n) is 5.20. The second kappa shape index (κ2) is 9.47. The molecule has 3 aromatic rings. The van der Waals surface area contributed by atoms with Gasteiger partial charge in [-0.25, -0.2) is 4.79 Å². The summed E-state index contributed by atoms with van der Waals surface area (Å²) in [5.41, 5.74) is 3.00. The molecule has 1 unspecified atom stereocenters. The second-order valence-corrected chi connectivity index (χ2v) is 8.88. The van der Waals surface area contributed by atoms with Gasteiger partial charge in [-0.3, -0.25) is 4.79 Å². The van der Waals surface area contributed by atoms with Gasteiger partial charge in [0.05, 0.1) is 10.6 Å². The molecule has 3 nitrogen and oxygen atoms in total. The quantitative estimate of drug-likeness (QED) is 0.322. The highest BCUT2D eigenvalue weighted by Crippen LogP contribution is 2.35. The summed E-state index contributed by atoms with van der Waals surface area (Å²) < 4.78 is 13.5. The minimum absolute atomic E-state index is 0.138. The fourth-order valence-electron chi connectivity index (χ4n) is 3.64. The van der Waals surface area contributed by atoms with Gasteiger partial charge in [-0.2, -0.15) is 0 Å². The molecule has 0 N–H and O–H groups in total. The summed E-state index contributed by atoms with van der Waals surface area (Å²) in [5, 5.41) is 0.761. The van der Waals surface area contributed by atoms with E-state index in [-0.39, 0.29) is 16.4 Å². The van der Waals surface area contributed by atoms with Gasteiger partial charge >= 0.3 is 13.3 Å². The van der Waals surface area contributed by atoms with Crippen LogP contribution in [0.25, 0.3) is 0 Å². The fourth-order valence-corrected chi connectivity index (χ4v) is 5.74. The number of ketones is 1. The van der Waals surface area contributed by atoms with Crippen LogP contribution in [0.15, 0.2) is 60.7 Å². The van der Waals surface area contributed by atoms with Crippen molar-refractivity contribution in [1.82, 2.24) is 0 Å². The third-order valence-corrected chi connectivity index (χ3v) is 7.08. The standard InChI is InChI=1S/C25H23ClO3P/c1-4-17-14-15-20(23(27)18-11-7-6-8-12-18)19(5-2)24(17)30(29)25(28)22-16(3)10-9-13-21(22)26/h6-15H,4-5H2,1-3H3/q+1. The van der Waals surface area contributed by atoms with Crippen molar-refractivity contribution in [2.24, 2.45) is 0 Å². The number of hydrogen-bond acceptors (Lipinski definition) is 3. The average Bonchev–Trinajstić information content (AvgIpc) is 2.77. The Hall–Kier alpha value is -2.61. The zero-order valence-electron chi connectivity index (χ0n) is 17.2. The van der Waals surface area contributed by atoms with E-state index in [2.05, 4.69) is 0 Å². The Labute approximate surface area is 182 Å². The topological polar surface area (TPSA) is 51.2 Å². The fraction of sp³-hybridized carbons (Fsp3) is 0.200. The van der Waals surface area contributed by atoms with E-state index in [1.807, 2.05) is 38.1 Å². The summed E-state index contributed by atoms with van der Waals surface area (Å²) >= 11 is 6.26. The summed E-state index contributed by atoms with van der Waals surface area (Å²) in [6, 6.07) is 17.7. The van der Waals surface area contributed by atoms with E-state index < -0.39 is 13.3 Å². The first-order valence-corrected chi connectivity index (χ1v) is 11.6. The maximum atomic E-state index is 13.5. The maximum Gasteiger partial charge on any atom is 0.459 e. The predicted octanol–water partition coefficient (Wildman–Crippen LogP) is 6.30. The van der Waals surface area contributed by atoms with Crippen molar-refractivity contribution < 1.29 is 14.2 Å². The van der Waals surface area contributed by atoms with Crippen LogP contribution in [0.2, 0.25) is 5.02 Å². The van der Waals surface area contributed by atoms with Gasteiger partial charge in [0.1, 0.15) is 0 Å². The Kier molecular flexibility index (Phi) is 6.97. The molecule has 0 aromatic heterocycles. The largest absolute Gasteiger partial charge is 0.459 e. The van der Waals surface area contributed by atoms with Gasteiger partial charge in [0.15, 0.2) is 5.78 Å². The highest BCUT2D eigenvalue weighted by molar-refractivity contribution is 7.71. The molecule has 152 valence electrons. The first-order chi connectivity index (χ1) is 14.4. The molecule has 0 spiro atoms. The maximum absolute atomic E-state index is 13.5. The zero-order chi connectivity index (χ0) is 21.8. The van der Waals surface area contributed by atoms with E-state index in [9.17, 15) is 14.2 Å². The molecule has 1 atom stereocenters. The molecule has 3 aromatic carbocycles. The van der Waals surface area contributed by atoms with Crippen LogP contribution < -0.4 is 5.30 Å². The van der Waals surface area contributed by atoms with Gasteiger partial charge in [0.25, 0.3) is 0 Å². The van der Waals surface area contributed by atoms with Crippen molar-refractivity contribution >= 4 is 36.0 Å². The normalized spacial score (nSPS) is 11.3. The number of rotatable bonds is 7. The molecule has 0 bridgehead atoms. The molecule has 0 radical (unpaired) electrons. The minimum Gasteiger partial charge on any atom is -0.289 e. The zero-order valence-corrected chi connectivity index (χ0v) is 18.9. The van der Waals surface area contributed by atoms with Crippen molar-refractivity contribution in [3.05, 3.63) is 99.1 Å². The van der Waals surface area contributed by atoms with Gasteiger partial charge in [-0.05, 0) is 31.4 Å². The molecule has 3 rings (SSSR count). The molecule has 0 heterocycles. The van der Waals surface area contributed by atoms with Crippen LogP contribution in [0.4, 0.5) is 0 Å². The molecular formula is C25H23ClO3P+. The van der Waals surface area contributed by atoms with Crippen molar-refractivity contribution in [2.75, 3.05) is 0 Å². The number of carbonyl (C=O) groups excluding carboxylic acids is 2. The van der Waals surface area contributed by atoms with Crippen molar-refractivity contribution in [3.63, 3.8) is 0 Å². The number of halogens is 1.